The van der Waals surface area contributed by atoms with Gasteiger partial charge in [-0.3, -0.25) is 4.79 Å². The van der Waals surface area contributed by atoms with Crippen LogP contribution in [-0.4, -0.2) is 23.9 Å². The van der Waals surface area contributed by atoms with Gasteiger partial charge in [-0.2, -0.15) is 5.26 Å². The van der Waals surface area contributed by atoms with Crippen LogP contribution in [0.4, 0.5) is 0 Å². The van der Waals surface area contributed by atoms with E-state index in [4.69, 9.17) is 5.26 Å². The molecule has 0 aromatic rings. The minimum atomic E-state index is 0.120. The Kier molecular flexibility index (Phi) is 4.89. The highest BCUT2D eigenvalue weighted by atomic mass is 16.2. The van der Waals surface area contributed by atoms with Crippen LogP contribution in [0.1, 0.15) is 32.6 Å². The molecule has 1 atom stereocenters. The van der Waals surface area contributed by atoms with E-state index < -0.39 is 0 Å². The second-order valence-electron chi connectivity index (χ2n) is 3.94. The van der Waals surface area contributed by atoms with Crippen molar-refractivity contribution >= 4 is 5.91 Å². The minimum Gasteiger partial charge on any atom is -0.329 e. The highest BCUT2D eigenvalue weighted by molar-refractivity contribution is 5.77. The highest BCUT2D eigenvalue weighted by Gasteiger charge is 2.18. The second kappa shape index (κ2) is 6.23. The molecular formula is C12H18N2O. The van der Waals surface area contributed by atoms with Crippen molar-refractivity contribution in [1.29, 1.82) is 5.26 Å². The largest absolute Gasteiger partial charge is 0.329 e. The molecule has 1 amide bonds. The first-order valence-corrected chi connectivity index (χ1v) is 5.59. The molecule has 0 unspecified atom stereocenters. The van der Waals surface area contributed by atoms with Crippen LogP contribution in [0.3, 0.4) is 0 Å². The molecule has 15 heavy (non-hydrogen) atoms. The number of carbonyl (C=O) groups is 1. The van der Waals surface area contributed by atoms with E-state index in [1.54, 1.807) is 4.90 Å². The molecule has 3 heteroatoms. The summed E-state index contributed by atoms with van der Waals surface area (Å²) in [5.74, 6) is 0.519. The molecule has 0 N–H and O–H groups in total. The monoisotopic (exact) mass is 206 g/mol. The van der Waals surface area contributed by atoms with Crippen LogP contribution < -0.4 is 0 Å². The van der Waals surface area contributed by atoms with E-state index in [-0.39, 0.29) is 12.5 Å². The van der Waals surface area contributed by atoms with Crippen molar-refractivity contribution in [2.45, 2.75) is 32.6 Å². The molecule has 0 fully saturated rings. The summed E-state index contributed by atoms with van der Waals surface area (Å²) in [6.45, 7) is 2.94. The van der Waals surface area contributed by atoms with Crippen molar-refractivity contribution in [3.8, 4) is 6.07 Å². The second-order valence-corrected chi connectivity index (χ2v) is 3.94. The molecule has 0 heterocycles. The zero-order chi connectivity index (χ0) is 11.1. The molecule has 0 aliphatic heterocycles. The van der Waals surface area contributed by atoms with Crippen molar-refractivity contribution in [3.63, 3.8) is 0 Å². The predicted molar refractivity (Wildman–Crippen MR) is 59.0 cm³/mol. The molecule has 0 aromatic carbocycles. The zero-order valence-electron chi connectivity index (χ0n) is 9.28. The first kappa shape index (κ1) is 11.8. The van der Waals surface area contributed by atoms with Crippen LogP contribution >= 0.6 is 0 Å². The van der Waals surface area contributed by atoms with Crippen LogP contribution in [0.5, 0.6) is 0 Å². The topological polar surface area (TPSA) is 44.1 Å². The van der Waals surface area contributed by atoms with Gasteiger partial charge in [0.2, 0.25) is 5.91 Å². The summed E-state index contributed by atoms with van der Waals surface area (Å²) in [5, 5.41) is 8.62. The fraction of sp³-hybridized carbons (Fsp3) is 0.667. The van der Waals surface area contributed by atoms with Crippen molar-refractivity contribution in [2.75, 3.05) is 13.1 Å². The molecule has 0 saturated heterocycles. The summed E-state index contributed by atoms with van der Waals surface area (Å²) in [4.78, 5) is 13.5. The molecule has 82 valence electrons. The lowest BCUT2D eigenvalue weighted by Crippen LogP contribution is -2.33. The molecule has 0 saturated carbocycles. The fourth-order valence-corrected chi connectivity index (χ4v) is 1.87. The average Bonchev–Trinajstić information content (AvgIpc) is 2.70. The van der Waals surface area contributed by atoms with E-state index in [1.807, 2.05) is 13.0 Å². The van der Waals surface area contributed by atoms with Crippen molar-refractivity contribution < 1.29 is 4.79 Å². The Morgan fingerprint density at radius 3 is 3.00 bits per heavy atom. The number of amides is 1. The van der Waals surface area contributed by atoms with E-state index in [0.29, 0.717) is 18.9 Å². The Hall–Kier alpha value is -1.30. The molecule has 1 rings (SSSR count). The van der Waals surface area contributed by atoms with E-state index in [2.05, 4.69) is 12.2 Å². The van der Waals surface area contributed by atoms with Crippen LogP contribution in [0.2, 0.25) is 0 Å². The summed E-state index contributed by atoms with van der Waals surface area (Å²) < 4.78 is 0. The summed E-state index contributed by atoms with van der Waals surface area (Å²) in [6, 6.07) is 2.05. The molecule has 0 spiro atoms. The van der Waals surface area contributed by atoms with Gasteiger partial charge in [0.05, 0.1) is 6.07 Å². The Labute approximate surface area is 91.4 Å². The normalized spacial score (nSPS) is 18.8. The van der Waals surface area contributed by atoms with Gasteiger partial charge in [-0.05, 0) is 25.2 Å². The Morgan fingerprint density at radius 2 is 2.47 bits per heavy atom. The zero-order valence-corrected chi connectivity index (χ0v) is 9.28. The smallest absolute Gasteiger partial charge is 0.224 e. The first-order chi connectivity index (χ1) is 7.27. The first-order valence-electron chi connectivity index (χ1n) is 5.59. The number of hydrogen-bond acceptors (Lipinski definition) is 2. The van der Waals surface area contributed by atoms with Gasteiger partial charge in [0, 0.05) is 13.0 Å². The van der Waals surface area contributed by atoms with Crippen molar-refractivity contribution in [1.82, 2.24) is 4.90 Å². The van der Waals surface area contributed by atoms with E-state index in [0.717, 1.165) is 19.3 Å². The lowest BCUT2D eigenvalue weighted by Gasteiger charge is -2.20. The lowest BCUT2D eigenvalue weighted by molar-refractivity contribution is -0.131. The van der Waals surface area contributed by atoms with Gasteiger partial charge in [0.1, 0.15) is 6.54 Å². The molecule has 1 aliphatic carbocycles. The number of rotatable bonds is 5. The Bertz CT molecular complexity index is 278. The Balaban J connectivity index is 2.41. The summed E-state index contributed by atoms with van der Waals surface area (Å²) in [7, 11) is 0. The highest BCUT2D eigenvalue weighted by Crippen LogP contribution is 2.21. The SMILES string of the molecule is CCCN(CC#N)C(=O)C[C@@H]1C=CCC1. The molecule has 1 aliphatic rings. The van der Waals surface area contributed by atoms with E-state index >= 15 is 0 Å². The third-order valence-corrected chi connectivity index (χ3v) is 2.66. The Morgan fingerprint density at radius 1 is 1.67 bits per heavy atom. The average molecular weight is 206 g/mol. The van der Waals surface area contributed by atoms with Gasteiger partial charge < -0.3 is 4.90 Å². The maximum atomic E-state index is 11.8. The maximum absolute atomic E-state index is 11.8. The van der Waals surface area contributed by atoms with Gasteiger partial charge in [-0.15, -0.1) is 0 Å². The van der Waals surface area contributed by atoms with Crippen LogP contribution in [0.25, 0.3) is 0 Å². The van der Waals surface area contributed by atoms with Crippen LogP contribution in [0, 0.1) is 17.2 Å². The predicted octanol–water partition coefficient (Wildman–Crippen LogP) is 2.10. The summed E-state index contributed by atoms with van der Waals surface area (Å²) >= 11 is 0. The maximum Gasteiger partial charge on any atom is 0.224 e. The number of nitriles is 1. The van der Waals surface area contributed by atoms with Crippen LogP contribution in [0.15, 0.2) is 12.2 Å². The lowest BCUT2D eigenvalue weighted by atomic mass is 10.0. The van der Waals surface area contributed by atoms with Gasteiger partial charge in [-0.1, -0.05) is 19.1 Å². The van der Waals surface area contributed by atoms with Crippen molar-refractivity contribution in [2.24, 2.45) is 5.92 Å². The quantitative estimate of drug-likeness (QED) is 0.510. The van der Waals surface area contributed by atoms with E-state index in [9.17, 15) is 4.79 Å². The van der Waals surface area contributed by atoms with Crippen LogP contribution in [-0.2, 0) is 4.79 Å². The number of carbonyl (C=O) groups excluding carboxylic acids is 1. The molecular weight excluding hydrogens is 188 g/mol. The number of hydrogen-bond donors (Lipinski definition) is 0. The fourth-order valence-electron chi connectivity index (χ4n) is 1.87. The van der Waals surface area contributed by atoms with Gasteiger partial charge >= 0.3 is 0 Å². The third kappa shape index (κ3) is 3.75. The molecule has 3 nitrogen and oxygen atoms in total. The van der Waals surface area contributed by atoms with Gasteiger partial charge in [0.25, 0.3) is 0 Å². The van der Waals surface area contributed by atoms with Crippen molar-refractivity contribution in [3.05, 3.63) is 12.2 Å². The summed E-state index contributed by atoms with van der Waals surface area (Å²) in [5.41, 5.74) is 0. The molecule has 0 bridgehead atoms. The molecule has 0 radical (unpaired) electrons. The minimum absolute atomic E-state index is 0.120. The summed E-state index contributed by atoms with van der Waals surface area (Å²) in [6.07, 6.45) is 7.90. The number of nitrogens with zero attached hydrogens (tertiary/aromatic N) is 2. The number of allylic oxidation sites excluding steroid dienone is 2. The van der Waals surface area contributed by atoms with Gasteiger partial charge in [0.15, 0.2) is 0 Å². The van der Waals surface area contributed by atoms with E-state index in [1.165, 1.54) is 0 Å². The third-order valence-electron chi connectivity index (χ3n) is 2.66. The van der Waals surface area contributed by atoms with Gasteiger partial charge in [-0.25, -0.2) is 0 Å². The molecule has 0 aromatic heterocycles. The standard InChI is InChI=1S/C12H18N2O/c1-2-8-14(9-7-13)12(15)10-11-5-3-4-6-11/h3,5,11H,2,4,6,8-10H2,1H3/t11-/m1/s1.